The minimum atomic E-state index is -0.105. The molecule has 2 aromatic rings. The quantitative estimate of drug-likeness (QED) is 0.814. The first-order valence-electron chi connectivity index (χ1n) is 8.31. The van der Waals surface area contributed by atoms with Crippen LogP contribution in [0.4, 0.5) is 0 Å². The molecule has 1 N–H and O–H groups in total. The van der Waals surface area contributed by atoms with E-state index in [1.54, 1.807) is 11.0 Å². The molecule has 0 saturated heterocycles. The summed E-state index contributed by atoms with van der Waals surface area (Å²) in [5.74, 6) is -0.151. The summed E-state index contributed by atoms with van der Waals surface area (Å²) in [6, 6.07) is 17.1. The normalized spacial score (nSPS) is 11.6. The van der Waals surface area contributed by atoms with Crippen molar-refractivity contribution in [3.05, 3.63) is 70.7 Å². The fourth-order valence-corrected chi connectivity index (χ4v) is 2.88. The topological polar surface area (TPSA) is 49.4 Å². The van der Waals surface area contributed by atoms with Crippen LogP contribution >= 0.6 is 11.6 Å². The monoisotopic (exact) mass is 358 g/mol. The maximum absolute atomic E-state index is 12.1. The molecule has 2 aromatic carbocycles. The van der Waals surface area contributed by atoms with Crippen molar-refractivity contribution in [3.8, 4) is 0 Å². The maximum Gasteiger partial charge on any atom is 0.222 e. The van der Waals surface area contributed by atoms with Gasteiger partial charge in [-0.2, -0.15) is 0 Å². The molecule has 0 spiro atoms. The largest absolute Gasteiger partial charge is 0.352 e. The van der Waals surface area contributed by atoms with Crippen molar-refractivity contribution in [2.45, 2.75) is 32.9 Å². The number of carbonyl (C=O) groups excluding carboxylic acids is 2. The number of benzene rings is 2. The van der Waals surface area contributed by atoms with Crippen LogP contribution in [0.5, 0.6) is 0 Å². The van der Waals surface area contributed by atoms with E-state index in [2.05, 4.69) is 5.32 Å². The minimum Gasteiger partial charge on any atom is -0.352 e. The van der Waals surface area contributed by atoms with Crippen molar-refractivity contribution in [2.24, 2.45) is 0 Å². The Balaban J connectivity index is 1.89. The number of nitrogens with one attached hydrogen (secondary N) is 1. The third kappa shape index (κ3) is 5.61. The van der Waals surface area contributed by atoms with Crippen LogP contribution in [0.25, 0.3) is 0 Å². The van der Waals surface area contributed by atoms with Crippen molar-refractivity contribution < 1.29 is 9.59 Å². The van der Waals surface area contributed by atoms with E-state index in [0.29, 0.717) is 18.1 Å². The molecule has 0 bridgehead atoms. The number of hydrogen-bond acceptors (Lipinski definition) is 2. The molecule has 0 heterocycles. The Bertz CT molecular complexity index is 719. The molecular weight excluding hydrogens is 336 g/mol. The minimum absolute atomic E-state index is 0.0461. The van der Waals surface area contributed by atoms with Gasteiger partial charge in [0.05, 0.1) is 6.04 Å². The highest BCUT2D eigenvalue weighted by Crippen LogP contribution is 2.20. The second-order valence-corrected chi connectivity index (χ2v) is 6.32. The molecule has 132 valence electrons. The fourth-order valence-electron chi connectivity index (χ4n) is 2.68. The van der Waals surface area contributed by atoms with Crippen LogP contribution in [-0.4, -0.2) is 23.3 Å². The van der Waals surface area contributed by atoms with Crippen LogP contribution in [0.15, 0.2) is 54.6 Å². The van der Waals surface area contributed by atoms with Gasteiger partial charge in [-0.05, 0) is 24.1 Å². The predicted octanol–water partition coefficient (Wildman–Crippen LogP) is 3.96. The lowest BCUT2D eigenvalue weighted by molar-refractivity contribution is -0.131. The van der Waals surface area contributed by atoms with Crippen molar-refractivity contribution >= 4 is 23.4 Å². The van der Waals surface area contributed by atoms with Crippen molar-refractivity contribution in [3.63, 3.8) is 0 Å². The predicted molar refractivity (Wildman–Crippen MR) is 100 cm³/mol. The lowest BCUT2D eigenvalue weighted by Gasteiger charge is -2.28. The second-order valence-electron chi connectivity index (χ2n) is 5.92. The van der Waals surface area contributed by atoms with Gasteiger partial charge in [0.25, 0.3) is 0 Å². The molecular formula is C20H23ClN2O2. The standard InChI is InChI=1S/C20H23ClN2O2/c1-15(17-8-4-3-5-9-17)23(16(2)24)13-12-20(25)22-14-18-10-6-7-11-19(18)21/h3-11,15H,12-14H2,1-2H3,(H,22,25). The summed E-state index contributed by atoms with van der Waals surface area (Å²) in [5.41, 5.74) is 1.92. The van der Waals surface area contributed by atoms with Gasteiger partial charge in [-0.3, -0.25) is 9.59 Å². The zero-order valence-corrected chi connectivity index (χ0v) is 15.3. The Morgan fingerprint density at radius 1 is 1.08 bits per heavy atom. The van der Waals surface area contributed by atoms with E-state index in [0.717, 1.165) is 11.1 Å². The number of carbonyl (C=O) groups is 2. The Morgan fingerprint density at radius 3 is 2.36 bits per heavy atom. The molecule has 5 heteroatoms. The van der Waals surface area contributed by atoms with Crippen LogP contribution in [0.2, 0.25) is 5.02 Å². The lowest BCUT2D eigenvalue weighted by Crippen LogP contribution is -2.35. The number of hydrogen-bond donors (Lipinski definition) is 1. The number of nitrogens with zero attached hydrogens (tertiary/aromatic N) is 1. The molecule has 0 saturated carbocycles. The molecule has 0 aliphatic carbocycles. The van der Waals surface area contributed by atoms with Gasteiger partial charge in [-0.1, -0.05) is 60.1 Å². The summed E-state index contributed by atoms with van der Waals surface area (Å²) < 4.78 is 0. The molecule has 2 amide bonds. The number of rotatable bonds is 7. The molecule has 2 rings (SSSR count). The Morgan fingerprint density at radius 2 is 1.72 bits per heavy atom. The fraction of sp³-hybridized carbons (Fsp3) is 0.300. The summed E-state index contributed by atoms with van der Waals surface area (Å²) in [7, 11) is 0. The SMILES string of the molecule is CC(=O)N(CCC(=O)NCc1ccccc1Cl)C(C)c1ccccc1. The third-order valence-corrected chi connectivity index (χ3v) is 4.54. The van der Waals surface area contributed by atoms with Crippen LogP contribution in [0, 0.1) is 0 Å². The van der Waals surface area contributed by atoms with Crippen LogP contribution in [0.1, 0.15) is 37.4 Å². The Hall–Kier alpha value is -2.33. The van der Waals surface area contributed by atoms with Crippen LogP contribution in [0.3, 0.4) is 0 Å². The van der Waals surface area contributed by atoms with Gasteiger partial charge in [-0.15, -0.1) is 0 Å². The average Bonchev–Trinajstić information content (AvgIpc) is 2.61. The molecule has 0 fully saturated rings. The van der Waals surface area contributed by atoms with E-state index >= 15 is 0 Å². The van der Waals surface area contributed by atoms with Gasteiger partial charge < -0.3 is 10.2 Å². The first-order valence-corrected chi connectivity index (χ1v) is 8.69. The molecule has 4 nitrogen and oxygen atoms in total. The van der Waals surface area contributed by atoms with Gasteiger partial charge >= 0.3 is 0 Å². The smallest absolute Gasteiger partial charge is 0.222 e. The summed E-state index contributed by atoms with van der Waals surface area (Å²) in [6.45, 7) is 4.26. The van der Waals surface area contributed by atoms with Crippen molar-refractivity contribution in [1.29, 1.82) is 0 Å². The maximum atomic E-state index is 12.1. The van der Waals surface area contributed by atoms with E-state index < -0.39 is 0 Å². The molecule has 0 aromatic heterocycles. The summed E-state index contributed by atoms with van der Waals surface area (Å²) >= 11 is 6.08. The second kappa shape index (κ2) is 9.23. The highest BCUT2D eigenvalue weighted by Gasteiger charge is 2.19. The molecule has 1 atom stereocenters. The summed E-state index contributed by atoms with van der Waals surface area (Å²) in [5, 5.41) is 3.48. The van der Waals surface area contributed by atoms with Gasteiger partial charge in [0.2, 0.25) is 11.8 Å². The average molecular weight is 359 g/mol. The molecule has 0 aliphatic heterocycles. The van der Waals surface area contributed by atoms with Crippen molar-refractivity contribution in [1.82, 2.24) is 10.2 Å². The Kier molecular flexibility index (Phi) is 7.02. The van der Waals surface area contributed by atoms with E-state index in [4.69, 9.17) is 11.6 Å². The zero-order chi connectivity index (χ0) is 18.2. The highest BCUT2D eigenvalue weighted by atomic mass is 35.5. The lowest BCUT2D eigenvalue weighted by atomic mass is 10.1. The van der Waals surface area contributed by atoms with E-state index in [1.165, 1.54) is 6.92 Å². The van der Waals surface area contributed by atoms with Gasteiger partial charge in [0.15, 0.2) is 0 Å². The van der Waals surface area contributed by atoms with Crippen LogP contribution in [-0.2, 0) is 16.1 Å². The van der Waals surface area contributed by atoms with E-state index in [9.17, 15) is 9.59 Å². The summed E-state index contributed by atoms with van der Waals surface area (Å²) in [4.78, 5) is 25.8. The molecule has 0 aliphatic rings. The van der Waals surface area contributed by atoms with Gasteiger partial charge in [0, 0.05) is 31.5 Å². The summed E-state index contributed by atoms with van der Waals surface area (Å²) in [6.07, 6.45) is 0.251. The van der Waals surface area contributed by atoms with Crippen LogP contribution < -0.4 is 5.32 Å². The Labute approximate surface area is 153 Å². The van der Waals surface area contributed by atoms with E-state index in [1.807, 2.05) is 55.5 Å². The third-order valence-electron chi connectivity index (χ3n) is 4.17. The zero-order valence-electron chi connectivity index (χ0n) is 14.5. The first-order chi connectivity index (χ1) is 12.0. The number of amides is 2. The van der Waals surface area contributed by atoms with Gasteiger partial charge in [0.1, 0.15) is 0 Å². The molecule has 25 heavy (non-hydrogen) atoms. The molecule has 0 radical (unpaired) electrons. The van der Waals surface area contributed by atoms with Gasteiger partial charge in [-0.25, -0.2) is 0 Å². The first kappa shape index (κ1) is 19.0. The van der Waals surface area contributed by atoms with E-state index in [-0.39, 0.29) is 24.3 Å². The van der Waals surface area contributed by atoms with Crippen molar-refractivity contribution in [2.75, 3.05) is 6.54 Å². The molecule has 1 unspecified atom stereocenters. The highest BCUT2D eigenvalue weighted by molar-refractivity contribution is 6.31. The number of halogens is 1.